The summed E-state index contributed by atoms with van der Waals surface area (Å²) in [6.45, 7) is 8.23. The molecular weight excluding hydrogens is 328 g/mol. The molecule has 1 amide bonds. The summed E-state index contributed by atoms with van der Waals surface area (Å²) in [5.74, 6) is -0.746. The van der Waals surface area contributed by atoms with Crippen LogP contribution in [0.1, 0.15) is 91.9 Å². The summed E-state index contributed by atoms with van der Waals surface area (Å²) < 4.78 is 0.321. The number of likely N-dealkylation sites (N-methyl/N-ethyl adjacent to an activating group) is 1. The van der Waals surface area contributed by atoms with Gasteiger partial charge in [0.05, 0.1) is 26.7 Å². The minimum absolute atomic E-state index is 0.0466. The molecule has 0 aromatic carbocycles. The van der Waals surface area contributed by atoms with Gasteiger partial charge in [0.15, 0.2) is 5.54 Å². The first kappa shape index (κ1) is 24.9. The SMILES string of the molecule is CCCCCCCCCCCC(=O)NC(C)C[N+](C)(C)C(C)(C)C(=O)O. The van der Waals surface area contributed by atoms with E-state index in [4.69, 9.17) is 0 Å². The maximum Gasteiger partial charge on any atom is 0.365 e. The van der Waals surface area contributed by atoms with Gasteiger partial charge < -0.3 is 14.9 Å². The zero-order chi connectivity index (χ0) is 20.2. The van der Waals surface area contributed by atoms with Gasteiger partial charge in [0.1, 0.15) is 0 Å². The molecule has 1 unspecified atom stereocenters. The molecular formula is C21H43N2O3+. The highest BCUT2D eigenvalue weighted by atomic mass is 16.4. The molecule has 0 fully saturated rings. The van der Waals surface area contributed by atoms with Crippen LogP contribution in [-0.4, -0.2) is 53.7 Å². The standard InChI is InChI=1S/C21H42N2O3/c1-7-8-9-10-11-12-13-14-15-16-19(24)22-18(2)17-23(5,6)21(3,4)20(25)26/h18H,7-17H2,1-6H3,(H-,22,24,25,26)/p+1. The molecule has 0 radical (unpaired) electrons. The lowest BCUT2D eigenvalue weighted by Gasteiger charge is -2.43. The number of carbonyl (C=O) groups excluding carboxylic acids is 1. The number of carboxylic acids is 1. The van der Waals surface area contributed by atoms with Gasteiger partial charge in [-0.2, -0.15) is 0 Å². The maximum atomic E-state index is 12.1. The number of nitrogens with zero attached hydrogens (tertiary/aromatic N) is 1. The molecule has 0 spiro atoms. The third-order valence-corrected chi connectivity index (χ3v) is 5.68. The molecule has 0 bridgehead atoms. The lowest BCUT2D eigenvalue weighted by Crippen LogP contribution is -2.64. The van der Waals surface area contributed by atoms with E-state index in [2.05, 4.69) is 12.2 Å². The fourth-order valence-electron chi connectivity index (χ4n) is 3.16. The minimum Gasteiger partial charge on any atom is -0.477 e. The first-order valence-corrected chi connectivity index (χ1v) is 10.4. The molecule has 0 aromatic rings. The van der Waals surface area contributed by atoms with Crippen LogP contribution in [0.4, 0.5) is 0 Å². The normalized spacial score (nSPS) is 13.5. The van der Waals surface area contributed by atoms with Crippen LogP contribution in [0.15, 0.2) is 0 Å². The first-order chi connectivity index (χ1) is 12.0. The van der Waals surface area contributed by atoms with Gasteiger partial charge in [-0.15, -0.1) is 0 Å². The predicted molar refractivity (Wildman–Crippen MR) is 108 cm³/mol. The highest BCUT2D eigenvalue weighted by molar-refractivity contribution is 5.76. The van der Waals surface area contributed by atoms with Crippen LogP contribution in [-0.2, 0) is 9.59 Å². The number of carbonyl (C=O) groups is 2. The summed E-state index contributed by atoms with van der Waals surface area (Å²) in [4.78, 5) is 23.6. The molecule has 0 saturated carbocycles. The van der Waals surface area contributed by atoms with Gasteiger partial charge in [-0.05, 0) is 13.3 Å². The van der Waals surface area contributed by atoms with Gasteiger partial charge in [-0.25, -0.2) is 4.79 Å². The van der Waals surface area contributed by atoms with Crippen molar-refractivity contribution in [2.75, 3.05) is 20.6 Å². The Morgan fingerprint density at radius 2 is 1.42 bits per heavy atom. The number of quaternary nitrogens is 1. The predicted octanol–water partition coefficient (Wildman–Crippen LogP) is 4.35. The summed E-state index contributed by atoms with van der Waals surface area (Å²) in [6, 6.07) is -0.0466. The molecule has 0 rings (SSSR count). The second-order valence-electron chi connectivity index (χ2n) is 8.78. The Bertz CT molecular complexity index is 419. The number of amides is 1. The zero-order valence-corrected chi connectivity index (χ0v) is 18.1. The molecule has 0 aliphatic heterocycles. The number of unbranched alkanes of at least 4 members (excludes halogenated alkanes) is 8. The Labute approximate surface area is 161 Å². The van der Waals surface area contributed by atoms with Gasteiger partial charge in [-0.3, -0.25) is 4.79 Å². The molecule has 0 heterocycles. The summed E-state index contributed by atoms with van der Waals surface area (Å²) in [5, 5.41) is 12.4. The minimum atomic E-state index is -0.893. The van der Waals surface area contributed by atoms with Crippen molar-refractivity contribution in [2.45, 2.75) is 103 Å². The number of hydrogen-bond acceptors (Lipinski definition) is 2. The third kappa shape index (κ3) is 9.56. The molecule has 26 heavy (non-hydrogen) atoms. The quantitative estimate of drug-likeness (QED) is 0.332. The molecule has 1 atom stereocenters. The van der Waals surface area contributed by atoms with E-state index in [0.717, 1.165) is 12.8 Å². The molecule has 5 nitrogen and oxygen atoms in total. The van der Waals surface area contributed by atoms with E-state index < -0.39 is 11.5 Å². The van der Waals surface area contributed by atoms with Crippen LogP contribution in [0.3, 0.4) is 0 Å². The highest BCUT2D eigenvalue weighted by Crippen LogP contribution is 2.21. The molecule has 0 aliphatic carbocycles. The molecule has 154 valence electrons. The van der Waals surface area contributed by atoms with E-state index in [9.17, 15) is 14.7 Å². The first-order valence-electron chi connectivity index (χ1n) is 10.4. The van der Waals surface area contributed by atoms with E-state index in [1.165, 1.54) is 44.9 Å². The largest absolute Gasteiger partial charge is 0.477 e. The van der Waals surface area contributed by atoms with Crippen molar-refractivity contribution < 1.29 is 19.2 Å². The Morgan fingerprint density at radius 3 is 1.88 bits per heavy atom. The Balaban J connectivity index is 3.94. The maximum absolute atomic E-state index is 12.1. The molecule has 0 aromatic heterocycles. The van der Waals surface area contributed by atoms with Crippen LogP contribution in [0.2, 0.25) is 0 Å². The Hall–Kier alpha value is -1.10. The van der Waals surface area contributed by atoms with Crippen molar-refractivity contribution in [3.63, 3.8) is 0 Å². The smallest absolute Gasteiger partial charge is 0.365 e. The lowest BCUT2D eigenvalue weighted by atomic mass is 10.00. The number of nitrogens with one attached hydrogen (secondary N) is 1. The van der Waals surface area contributed by atoms with Gasteiger partial charge >= 0.3 is 5.97 Å². The summed E-state index contributed by atoms with van der Waals surface area (Å²) >= 11 is 0. The second-order valence-corrected chi connectivity index (χ2v) is 8.78. The van der Waals surface area contributed by atoms with Crippen molar-refractivity contribution in [3.8, 4) is 0 Å². The van der Waals surface area contributed by atoms with Crippen molar-refractivity contribution in [1.29, 1.82) is 0 Å². The summed E-state index contributed by atoms with van der Waals surface area (Å²) in [5.41, 5.74) is -0.893. The summed E-state index contributed by atoms with van der Waals surface area (Å²) in [7, 11) is 3.80. The topological polar surface area (TPSA) is 66.4 Å². The van der Waals surface area contributed by atoms with Crippen LogP contribution >= 0.6 is 0 Å². The average Bonchev–Trinajstić information content (AvgIpc) is 2.52. The average molecular weight is 372 g/mol. The van der Waals surface area contributed by atoms with Crippen LogP contribution in [0.5, 0.6) is 0 Å². The van der Waals surface area contributed by atoms with Gasteiger partial charge in [0, 0.05) is 20.3 Å². The van der Waals surface area contributed by atoms with Gasteiger partial charge in [0.25, 0.3) is 0 Å². The van der Waals surface area contributed by atoms with Crippen molar-refractivity contribution in [1.82, 2.24) is 5.32 Å². The Morgan fingerprint density at radius 1 is 0.962 bits per heavy atom. The van der Waals surface area contributed by atoms with E-state index in [1.54, 1.807) is 13.8 Å². The van der Waals surface area contributed by atoms with Crippen LogP contribution in [0, 0.1) is 0 Å². The number of carboxylic acid groups (broad SMARTS) is 1. The monoisotopic (exact) mass is 371 g/mol. The van der Waals surface area contributed by atoms with Crippen molar-refractivity contribution in [2.24, 2.45) is 0 Å². The molecule has 0 saturated heterocycles. The lowest BCUT2D eigenvalue weighted by molar-refractivity contribution is -0.929. The van der Waals surface area contributed by atoms with Crippen LogP contribution in [0.25, 0.3) is 0 Å². The highest BCUT2D eigenvalue weighted by Gasteiger charge is 2.44. The molecule has 0 aliphatic rings. The second kappa shape index (κ2) is 12.3. The van der Waals surface area contributed by atoms with Gasteiger partial charge in [-0.1, -0.05) is 58.3 Å². The third-order valence-electron chi connectivity index (χ3n) is 5.68. The van der Waals surface area contributed by atoms with E-state index in [-0.39, 0.29) is 11.9 Å². The van der Waals surface area contributed by atoms with Crippen molar-refractivity contribution >= 4 is 11.9 Å². The fourth-order valence-corrected chi connectivity index (χ4v) is 3.16. The number of rotatable bonds is 15. The van der Waals surface area contributed by atoms with Gasteiger partial charge in [0.2, 0.25) is 5.91 Å². The van der Waals surface area contributed by atoms with Crippen LogP contribution < -0.4 is 5.32 Å². The fraction of sp³-hybridized carbons (Fsp3) is 0.905. The molecule has 5 heteroatoms. The number of hydrogen-bond donors (Lipinski definition) is 2. The summed E-state index contributed by atoms with van der Waals surface area (Å²) in [6.07, 6.45) is 11.7. The van der Waals surface area contributed by atoms with E-state index >= 15 is 0 Å². The van der Waals surface area contributed by atoms with E-state index in [1.807, 2.05) is 21.0 Å². The zero-order valence-electron chi connectivity index (χ0n) is 18.1. The van der Waals surface area contributed by atoms with Crippen molar-refractivity contribution in [3.05, 3.63) is 0 Å². The Kier molecular flexibility index (Phi) is 11.8. The molecule has 2 N–H and O–H groups in total. The van der Waals surface area contributed by atoms with E-state index in [0.29, 0.717) is 17.4 Å². The number of aliphatic carboxylic acids is 1.